The van der Waals surface area contributed by atoms with Gasteiger partial charge in [-0.1, -0.05) is 35.1 Å². The first kappa shape index (κ1) is 14.1. The quantitative estimate of drug-likeness (QED) is 0.740. The first-order chi connectivity index (χ1) is 10.2. The summed E-state index contributed by atoms with van der Waals surface area (Å²) in [5.41, 5.74) is 0. The Morgan fingerprint density at radius 3 is 2.76 bits per heavy atom. The maximum Gasteiger partial charge on any atom is 0.327 e. The third-order valence-electron chi connectivity index (χ3n) is 2.54. The highest BCUT2D eigenvalue weighted by Crippen LogP contribution is 2.34. The van der Waals surface area contributed by atoms with Gasteiger partial charge in [-0.3, -0.25) is 5.32 Å². The molecule has 2 heterocycles. The SMILES string of the molecule is Cc1noc(Nc2ncc(Br)cc2Sc2ccccc2)n1. The molecule has 21 heavy (non-hydrogen) atoms. The van der Waals surface area contributed by atoms with E-state index in [1.54, 1.807) is 24.9 Å². The van der Waals surface area contributed by atoms with Gasteiger partial charge in [-0.2, -0.15) is 4.98 Å². The fraction of sp³-hybridized carbons (Fsp3) is 0.0714. The second kappa shape index (κ2) is 6.28. The maximum atomic E-state index is 5.07. The second-order valence-electron chi connectivity index (χ2n) is 4.19. The van der Waals surface area contributed by atoms with Crippen LogP contribution < -0.4 is 5.32 Å². The lowest BCUT2D eigenvalue weighted by molar-refractivity contribution is 0.428. The summed E-state index contributed by atoms with van der Waals surface area (Å²) >= 11 is 5.05. The first-order valence-corrected chi connectivity index (χ1v) is 7.77. The van der Waals surface area contributed by atoms with Crippen molar-refractivity contribution in [1.29, 1.82) is 0 Å². The number of nitrogens with zero attached hydrogens (tertiary/aromatic N) is 3. The molecule has 0 saturated heterocycles. The molecule has 1 aromatic carbocycles. The molecule has 0 aliphatic rings. The van der Waals surface area contributed by atoms with Crippen LogP contribution in [0.5, 0.6) is 0 Å². The van der Waals surface area contributed by atoms with Crippen LogP contribution in [0.15, 0.2) is 61.4 Å². The second-order valence-corrected chi connectivity index (χ2v) is 6.22. The molecule has 5 nitrogen and oxygen atoms in total. The van der Waals surface area contributed by atoms with Crippen LogP contribution in [0, 0.1) is 6.92 Å². The van der Waals surface area contributed by atoms with E-state index < -0.39 is 0 Å². The van der Waals surface area contributed by atoms with E-state index in [1.165, 1.54) is 0 Å². The lowest BCUT2D eigenvalue weighted by atomic mass is 10.4. The number of aromatic nitrogens is 3. The Morgan fingerprint density at radius 1 is 1.24 bits per heavy atom. The van der Waals surface area contributed by atoms with Crippen LogP contribution >= 0.6 is 27.7 Å². The van der Waals surface area contributed by atoms with Crippen LogP contribution in [0.3, 0.4) is 0 Å². The van der Waals surface area contributed by atoms with Gasteiger partial charge in [-0.15, -0.1) is 0 Å². The summed E-state index contributed by atoms with van der Waals surface area (Å²) in [7, 11) is 0. The zero-order valence-corrected chi connectivity index (χ0v) is 13.5. The smallest absolute Gasteiger partial charge is 0.315 e. The van der Waals surface area contributed by atoms with Gasteiger partial charge in [-0.25, -0.2) is 4.98 Å². The topological polar surface area (TPSA) is 63.8 Å². The lowest BCUT2D eigenvalue weighted by Crippen LogP contribution is -1.96. The van der Waals surface area contributed by atoms with Crippen molar-refractivity contribution in [3.8, 4) is 0 Å². The number of rotatable bonds is 4. The number of nitrogens with one attached hydrogen (secondary N) is 1. The number of anilines is 2. The Kier molecular flexibility index (Phi) is 4.21. The predicted molar refractivity (Wildman–Crippen MR) is 84.8 cm³/mol. The Morgan fingerprint density at radius 2 is 2.05 bits per heavy atom. The molecule has 0 atom stereocenters. The molecular weight excluding hydrogens is 352 g/mol. The van der Waals surface area contributed by atoms with Crippen molar-refractivity contribution < 1.29 is 4.52 Å². The van der Waals surface area contributed by atoms with Crippen LogP contribution in [0.2, 0.25) is 0 Å². The van der Waals surface area contributed by atoms with Gasteiger partial charge in [0.15, 0.2) is 5.82 Å². The summed E-state index contributed by atoms with van der Waals surface area (Å²) in [6.07, 6.45) is 1.72. The highest BCUT2D eigenvalue weighted by molar-refractivity contribution is 9.10. The summed E-state index contributed by atoms with van der Waals surface area (Å²) in [6, 6.07) is 12.4. The zero-order chi connectivity index (χ0) is 14.7. The average Bonchev–Trinajstić information content (AvgIpc) is 2.88. The van der Waals surface area contributed by atoms with Crippen molar-refractivity contribution in [3.05, 3.63) is 52.9 Å². The van der Waals surface area contributed by atoms with E-state index in [1.807, 2.05) is 36.4 Å². The summed E-state index contributed by atoms with van der Waals surface area (Å²) in [5, 5.41) is 6.80. The van der Waals surface area contributed by atoms with Gasteiger partial charge in [0.2, 0.25) is 0 Å². The predicted octanol–water partition coefficient (Wildman–Crippen LogP) is 4.43. The number of halogens is 1. The molecule has 0 aliphatic heterocycles. The van der Waals surface area contributed by atoms with Crippen molar-refractivity contribution in [2.45, 2.75) is 16.7 Å². The van der Waals surface area contributed by atoms with Gasteiger partial charge in [0.1, 0.15) is 5.82 Å². The Hall–Kier alpha value is -1.86. The Balaban J connectivity index is 1.89. The zero-order valence-electron chi connectivity index (χ0n) is 11.1. The molecule has 106 valence electrons. The first-order valence-electron chi connectivity index (χ1n) is 6.16. The van der Waals surface area contributed by atoms with Crippen molar-refractivity contribution >= 4 is 39.5 Å². The standard InChI is InChI=1S/C14H11BrN4OS/c1-9-17-14(20-19-9)18-13-12(7-10(15)8-16-13)21-11-5-3-2-4-6-11/h2-8H,1H3,(H,16,17,18,19). The van der Waals surface area contributed by atoms with E-state index in [9.17, 15) is 0 Å². The number of hydrogen-bond donors (Lipinski definition) is 1. The van der Waals surface area contributed by atoms with E-state index in [4.69, 9.17) is 4.52 Å². The van der Waals surface area contributed by atoms with Crippen LogP contribution in [-0.4, -0.2) is 15.1 Å². The number of aryl methyl sites for hydroxylation is 1. The monoisotopic (exact) mass is 362 g/mol. The molecule has 3 rings (SSSR count). The highest BCUT2D eigenvalue weighted by atomic mass is 79.9. The molecule has 0 saturated carbocycles. The molecule has 1 N–H and O–H groups in total. The molecular formula is C14H11BrN4OS. The molecule has 7 heteroatoms. The van der Waals surface area contributed by atoms with E-state index >= 15 is 0 Å². The molecule has 3 aromatic rings. The van der Waals surface area contributed by atoms with Crippen LogP contribution in [0.4, 0.5) is 11.8 Å². The molecule has 0 unspecified atom stereocenters. The van der Waals surface area contributed by atoms with E-state index in [0.717, 1.165) is 14.3 Å². The fourth-order valence-electron chi connectivity index (χ4n) is 1.66. The van der Waals surface area contributed by atoms with Gasteiger partial charge in [0.05, 0.1) is 4.90 Å². The summed E-state index contributed by atoms with van der Waals surface area (Å²) in [5.74, 6) is 1.25. The van der Waals surface area contributed by atoms with Crippen molar-refractivity contribution in [2.75, 3.05) is 5.32 Å². The molecule has 0 aliphatic carbocycles. The third-order valence-corrected chi connectivity index (χ3v) is 4.02. The van der Waals surface area contributed by atoms with Crippen LogP contribution in [0.25, 0.3) is 0 Å². The number of pyridine rings is 1. The molecule has 0 fully saturated rings. The molecule has 0 spiro atoms. The molecule has 2 aromatic heterocycles. The van der Waals surface area contributed by atoms with Gasteiger partial charge < -0.3 is 4.52 Å². The van der Waals surface area contributed by atoms with Crippen molar-refractivity contribution in [2.24, 2.45) is 0 Å². The van der Waals surface area contributed by atoms with E-state index in [-0.39, 0.29) is 0 Å². The van der Waals surface area contributed by atoms with E-state index in [2.05, 4.69) is 36.4 Å². The largest absolute Gasteiger partial charge is 0.327 e. The summed E-state index contributed by atoms with van der Waals surface area (Å²) < 4.78 is 5.98. The normalized spacial score (nSPS) is 10.6. The Bertz CT molecular complexity index is 748. The molecule has 0 radical (unpaired) electrons. The summed E-state index contributed by atoms with van der Waals surface area (Å²) in [6.45, 7) is 1.77. The molecule has 0 bridgehead atoms. The number of hydrogen-bond acceptors (Lipinski definition) is 6. The van der Waals surface area contributed by atoms with Crippen LogP contribution in [-0.2, 0) is 0 Å². The minimum Gasteiger partial charge on any atom is -0.315 e. The minimum atomic E-state index is 0.331. The van der Waals surface area contributed by atoms with Gasteiger partial charge in [0.25, 0.3) is 0 Å². The van der Waals surface area contributed by atoms with Gasteiger partial charge in [-0.05, 0) is 41.1 Å². The number of benzene rings is 1. The highest BCUT2D eigenvalue weighted by Gasteiger charge is 2.10. The van der Waals surface area contributed by atoms with Crippen molar-refractivity contribution in [1.82, 2.24) is 15.1 Å². The average molecular weight is 363 g/mol. The minimum absolute atomic E-state index is 0.331. The lowest BCUT2D eigenvalue weighted by Gasteiger charge is -2.08. The maximum absolute atomic E-state index is 5.07. The third kappa shape index (κ3) is 3.62. The Labute approximate surface area is 134 Å². The van der Waals surface area contributed by atoms with E-state index in [0.29, 0.717) is 17.7 Å². The fourth-order valence-corrected chi connectivity index (χ4v) is 3.07. The van der Waals surface area contributed by atoms with Crippen molar-refractivity contribution in [3.63, 3.8) is 0 Å². The van der Waals surface area contributed by atoms with Gasteiger partial charge >= 0.3 is 6.01 Å². The van der Waals surface area contributed by atoms with Crippen LogP contribution in [0.1, 0.15) is 5.82 Å². The summed E-state index contributed by atoms with van der Waals surface area (Å²) in [4.78, 5) is 10.6. The van der Waals surface area contributed by atoms with Gasteiger partial charge in [0, 0.05) is 15.6 Å². The molecule has 0 amide bonds.